The molecule has 1 aliphatic carbocycles. The van der Waals surface area contributed by atoms with Gasteiger partial charge in [-0.2, -0.15) is 0 Å². The molecule has 0 N–H and O–H groups in total. The highest BCUT2D eigenvalue weighted by atomic mass is 16.3. The van der Waals surface area contributed by atoms with Crippen LogP contribution in [0, 0.1) is 0 Å². The summed E-state index contributed by atoms with van der Waals surface area (Å²) in [4.78, 5) is 0. The number of rotatable bonds is 0. The van der Waals surface area contributed by atoms with Gasteiger partial charge in [0.15, 0.2) is 0 Å². The van der Waals surface area contributed by atoms with E-state index < -0.39 is 0 Å². The van der Waals surface area contributed by atoms with E-state index in [1.165, 1.54) is 43.8 Å². The second kappa shape index (κ2) is 5.22. The molecule has 0 radical (unpaired) electrons. The molecule has 0 saturated carbocycles. The zero-order valence-electron chi connectivity index (χ0n) is 14.3. The first-order valence-electron chi connectivity index (χ1n) is 8.88. The maximum atomic E-state index is 6.07. The summed E-state index contributed by atoms with van der Waals surface area (Å²) in [6.07, 6.45) is 0. The molecule has 1 aromatic heterocycles. The van der Waals surface area contributed by atoms with Crippen molar-refractivity contribution in [2.45, 2.75) is 13.8 Å². The molecule has 4 aromatic carbocycles. The Morgan fingerprint density at radius 1 is 0.560 bits per heavy atom. The Morgan fingerprint density at radius 2 is 1.24 bits per heavy atom. The van der Waals surface area contributed by atoms with E-state index in [9.17, 15) is 0 Å². The van der Waals surface area contributed by atoms with E-state index in [4.69, 9.17) is 4.42 Å². The van der Waals surface area contributed by atoms with Crippen molar-refractivity contribution in [3.05, 3.63) is 72.8 Å². The Labute approximate surface area is 146 Å². The standard InChI is InChI=1S/C22H12O.C2H6/c1-2-10-20-14(7-1)19-11-17-15-8-3-5-13-6-4-9-16(22(13)15)18(17)12-21(19)23-20;1-2/h1-12H;1-2H3. The molecule has 0 aliphatic heterocycles. The van der Waals surface area contributed by atoms with Gasteiger partial charge in [-0.3, -0.25) is 0 Å². The lowest BCUT2D eigenvalue weighted by atomic mass is 10.0. The van der Waals surface area contributed by atoms with Crippen molar-refractivity contribution in [1.82, 2.24) is 0 Å². The van der Waals surface area contributed by atoms with Crippen molar-refractivity contribution in [1.29, 1.82) is 0 Å². The van der Waals surface area contributed by atoms with Crippen LogP contribution in [0.15, 0.2) is 77.2 Å². The van der Waals surface area contributed by atoms with Crippen LogP contribution in [-0.4, -0.2) is 0 Å². The van der Waals surface area contributed by atoms with Crippen LogP contribution in [-0.2, 0) is 0 Å². The van der Waals surface area contributed by atoms with E-state index in [-0.39, 0.29) is 0 Å². The summed E-state index contributed by atoms with van der Waals surface area (Å²) in [7, 11) is 0. The van der Waals surface area contributed by atoms with Crippen molar-refractivity contribution in [2.24, 2.45) is 0 Å². The molecule has 0 bridgehead atoms. The van der Waals surface area contributed by atoms with E-state index in [2.05, 4.69) is 60.7 Å². The van der Waals surface area contributed by atoms with Crippen LogP contribution >= 0.6 is 0 Å². The van der Waals surface area contributed by atoms with Gasteiger partial charge in [0.25, 0.3) is 0 Å². The average molecular weight is 322 g/mol. The van der Waals surface area contributed by atoms with Crippen LogP contribution in [0.25, 0.3) is 55.0 Å². The van der Waals surface area contributed by atoms with Gasteiger partial charge in [-0.25, -0.2) is 0 Å². The highest BCUT2D eigenvalue weighted by molar-refractivity contribution is 6.19. The van der Waals surface area contributed by atoms with Gasteiger partial charge < -0.3 is 4.42 Å². The number of hydrogen-bond donors (Lipinski definition) is 0. The first-order chi connectivity index (χ1) is 12.4. The highest BCUT2D eigenvalue weighted by Crippen LogP contribution is 2.49. The Bertz CT molecular complexity index is 1250. The molecule has 1 heterocycles. The molecule has 0 saturated heterocycles. The molecule has 25 heavy (non-hydrogen) atoms. The molecule has 0 fully saturated rings. The second-order valence-electron chi connectivity index (χ2n) is 6.20. The van der Waals surface area contributed by atoms with Gasteiger partial charge in [0, 0.05) is 10.8 Å². The number of benzene rings is 4. The normalized spacial score (nSPS) is 11.6. The van der Waals surface area contributed by atoms with Crippen LogP contribution in [0.3, 0.4) is 0 Å². The molecule has 6 rings (SSSR count). The van der Waals surface area contributed by atoms with Gasteiger partial charge in [-0.15, -0.1) is 0 Å². The third-order valence-electron chi connectivity index (χ3n) is 5.00. The third-order valence-corrected chi connectivity index (χ3v) is 5.00. The Kier molecular flexibility index (Phi) is 2.98. The van der Waals surface area contributed by atoms with Crippen LogP contribution in [0.1, 0.15) is 13.8 Å². The average Bonchev–Trinajstić information content (AvgIpc) is 3.20. The molecule has 0 atom stereocenters. The predicted octanol–water partition coefficient (Wildman–Crippen LogP) is 7.41. The van der Waals surface area contributed by atoms with E-state index >= 15 is 0 Å². The highest BCUT2D eigenvalue weighted by Gasteiger charge is 2.22. The number of para-hydroxylation sites is 1. The third kappa shape index (κ3) is 1.84. The Hall–Kier alpha value is -3.06. The summed E-state index contributed by atoms with van der Waals surface area (Å²) < 4.78 is 6.07. The van der Waals surface area contributed by atoms with Gasteiger partial charge in [0.05, 0.1) is 0 Å². The number of hydrogen-bond acceptors (Lipinski definition) is 1. The molecule has 0 amide bonds. The summed E-state index contributed by atoms with van der Waals surface area (Å²) in [5.74, 6) is 0. The van der Waals surface area contributed by atoms with Crippen molar-refractivity contribution in [2.75, 3.05) is 0 Å². The van der Waals surface area contributed by atoms with E-state index in [0.29, 0.717) is 0 Å². The smallest absolute Gasteiger partial charge is 0.136 e. The van der Waals surface area contributed by atoms with Crippen LogP contribution in [0.5, 0.6) is 0 Å². The lowest BCUT2D eigenvalue weighted by Crippen LogP contribution is -1.76. The van der Waals surface area contributed by atoms with Gasteiger partial charge >= 0.3 is 0 Å². The number of fused-ring (bicyclic) bond motifs is 6. The number of furan rings is 1. The van der Waals surface area contributed by atoms with E-state index in [1.54, 1.807) is 0 Å². The van der Waals surface area contributed by atoms with Crippen molar-refractivity contribution >= 4 is 32.7 Å². The molecule has 1 aliphatic rings. The SMILES string of the molecule is CC.c1cc2c3c(cccc3c1)-c1cc3c(cc1-2)oc1ccccc13. The summed E-state index contributed by atoms with van der Waals surface area (Å²) in [6, 6.07) is 25.9. The maximum absolute atomic E-state index is 6.07. The predicted molar refractivity (Wildman–Crippen MR) is 107 cm³/mol. The van der Waals surface area contributed by atoms with Crippen molar-refractivity contribution in [3.63, 3.8) is 0 Å². The zero-order chi connectivity index (χ0) is 17.0. The topological polar surface area (TPSA) is 13.1 Å². The molecule has 1 nitrogen and oxygen atoms in total. The van der Waals surface area contributed by atoms with Gasteiger partial charge in [-0.1, -0.05) is 68.4 Å². The van der Waals surface area contributed by atoms with Crippen LogP contribution in [0.2, 0.25) is 0 Å². The minimum Gasteiger partial charge on any atom is -0.456 e. The summed E-state index contributed by atoms with van der Waals surface area (Å²) >= 11 is 0. The second-order valence-corrected chi connectivity index (χ2v) is 6.20. The van der Waals surface area contributed by atoms with Gasteiger partial charge in [-0.05, 0) is 51.2 Å². The monoisotopic (exact) mass is 322 g/mol. The molecular weight excluding hydrogens is 304 g/mol. The fourth-order valence-corrected chi connectivity index (χ4v) is 4.01. The molecule has 0 unspecified atom stereocenters. The fourth-order valence-electron chi connectivity index (χ4n) is 4.01. The molecule has 5 aromatic rings. The summed E-state index contributed by atoms with van der Waals surface area (Å²) in [6.45, 7) is 4.00. The lowest BCUT2D eigenvalue weighted by Gasteiger charge is -2.01. The maximum Gasteiger partial charge on any atom is 0.136 e. The van der Waals surface area contributed by atoms with Crippen molar-refractivity contribution < 1.29 is 4.42 Å². The van der Waals surface area contributed by atoms with Crippen LogP contribution in [0.4, 0.5) is 0 Å². The molecular formula is C24H18O. The Balaban J connectivity index is 0.000000679. The van der Waals surface area contributed by atoms with Crippen molar-refractivity contribution in [3.8, 4) is 22.3 Å². The largest absolute Gasteiger partial charge is 0.456 e. The minimum atomic E-state index is 0.956. The molecule has 120 valence electrons. The molecule has 0 spiro atoms. The Morgan fingerprint density at radius 3 is 2.00 bits per heavy atom. The zero-order valence-corrected chi connectivity index (χ0v) is 14.3. The quantitative estimate of drug-likeness (QED) is 0.284. The van der Waals surface area contributed by atoms with E-state index in [1.807, 2.05) is 26.0 Å². The lowest BCUT2D eigenvalue weighted by molar-refractivity contribution is 0.669. The fraction of sp³-hybridized carbons (Fsp3) is 0.0833. The van der Waals surface area contributed by atoms with Crippen LogP contribution < -0.4 is 0 Å². The van der Waals surface area contributed by atoms with E-state index in [0.717, 1.165) is 11.2 Å². The molecule has 1 heteroatoms. The van der Waals surface area contributed by atoms with Gasteiger partial charge in [0.1, 0.15) is 11.2 Å². The van der Waals surface area contributed by atoms with Gasteiger partial charge in [0.2, 0.25) is 0 Å². The summed E-state index contributed by atoms with van der Waals surface area (Å²) in [5, 5.41) is 5.05. The first-order valence-corrected chi connectivity index (χ1v) is 8.88. The first kappa shape index (κ1) is 14.3. The summed E-state index contributed by atoms with van der Waals surface area (Å²) in [5.41, 5.74) is 7.17. The minimum absolute atomic E-state index is 0.956.